The predicted octanol–water partition coefficient (Wildman–Crippen LogP) is 1.71. The summed E-state index contributed by atoms with van der Waals surface area (Å²) in [6, 6.07) is 6.62. The van der Waals surface area contributed by atoms with Crippen LogP contribution in [0, 0.1) is 0 Å². The average Bonchev–Trinajstić information content (AvgIpc) is 2.43. The maximum absolute atomic E-state index is 12.1. The van der Waals surface area contributed by atoms with Crippen LogP contribution < -0.4 is 5.32 Å². The minimum atomic E-state index is -0.305. The fourth-order valence-electron chi connectivity index (χ4n) is 2.38. The zero-order chi connectivity index (χ0) is 15.4. The molecule has 0 aromatic heterocycles. The molecule has 1 aliphatic heterocycles. The number of nitrogens with zero attached hydrogens (tertiary/aromatic N) is 1. The smallest absolute Gasteiger partial charge is 0.251 e. The number of carbonyl (C=O) groups is 2. The minimum Gasteiger partial charge on any atom is -0.372 e. The Morgan fingerprint density at radius 1 is 1.33 bits per heavy atom. The molecule has 1 aliphatic rings. The van der Waals surface area contributed by atoms with Gasteiger partial charge in [-0.15, -0.1) is 0 Å². The first-order chi connectivity index (χ1) is 9.95. The molecule has 114 valence electrons. The second-order valence-electron chi connectivity index (χ2n) is 5.25. The van der Waals surface area contributed by atoms with Crippen molar-refractivity contribution in [3.8, 4) is 0 Å². The van der Waals surface area contributed by atoms with Crippen molar-refractivity contribution < 1.29 is 14.3 Å². The molecule has 1 aromatic rings. The first kappa shape index (κ1) is 15.8. The lowest BCUT2D eigenvalue weighted by atomic mass is 10.2. The van der Waals surface area contributed by atoms with Crippen molar-refractivity contribution in [1.29, 1.82) is 0 Å². The Morgan fingerprint density at radius 3 is 2.62 bits per heavy atom. The van der Waals surface area contributed by atoms with E-state index in [2.05, 4.69) is 5.32 Å². The first-order valence-electron chi connectivity index (χ1n) is 6.92. The number of nitrogens with one attached hydrogen (secondary N) is 1. The fourth-order valence-corrected chi connectivity index (χ4v) is 2.57. The molecular weight excluding hydrogens is 292 g/mol. The van der Waals surface area contributed by atoms with E-state index in [1.807, 2.05) is 13.8 Å². The van der Waals surface area contributed by atoms with Crippen LogP contribution >= 0.6 is 11.6 Å². The quantitative estimate of drug-likeness (QED) is 0.924. The van der Waals surface area contributed by atoms with Gasteiger partial charge in [0.05, 0.1) is 18.8 Å². The number of ether oxygens (including phenoxy) is 1. The number of halogens is 1. The second kappa shape index (κ2) is 6.91. The SMILES string of the molecule is C[C@@H]1CN(C(=O)CNC(=O)c2cccc(Cl)c2)C[C@@H](C)O1. The Hall–Kier alpha value is -1.59. The molecule has 2 rings (SSSR count). The zero-order valence-corrected chi connectivity index (χ0v) is 12.9. The van der Waals surface area contributed by atoms with Gasteiger partial charge in [0.2, 0.25) is 5.91 Å². The number of carbonyl (C=O) groups excluding carboxylic acids is 2. The highest BCUT2D eigenvalue weighted by molar-refractivity contribution is 6.30. The summed E-state index contributed by atoms with van der Waals surface area (Å²) in [6.07, 6.45) is 0.0302. The van der Waals surface area contributed by atoms with Crippen LogP contribution in [0.2, 0.25) is 5.02 Å². The molecule has 1 saturated heterocycles. The van der Waals surface area contributed by atoms with Gasteiger partial charge in [0.15, 0.2) is 0 Å². The standard InChI is InChI=1S/C15H19ClN2O3/c1-10-8-18(9-11(2)21-10)14(19)7-17-15(20)12-4-3-5-13(16)6-12/h3-6,10-11H,7-9H2,1-2H3,(H,17,20)/t10-,11-/m1/s1. The van der Waals surface area contributed by atoms with Crippen molar-refractivity contribution >= 4 is 23.4 Å². The number of hydrogen-bond donors (Lipinski definition) is 1. The summed E-state index contributed by atoms with van der Waals surface area (Å²) in [5.74, 6) is -0.410. The molecule has 2 atom stereocenters. The van der Waals surface area contributed by atoms with Crippen molar-refractivity contribution in [2.45, 2.75) is 26.1 Å². The third-order valence-electron chi connectivity index (χ3n) is 3.26. The lowest BCUT2D eigenvalue weighted by molar-refractivity contribution is -0.142. The highest BCUT2D eigenvalue weighted by Gasteiger charge is 2.25. The summed E-state index contributed by atoms with van der Waals surface area (Å²) in [5.41, 5.74) is 0.444. The van der Waals surface area contributed by atoms with Gasteiger partial charge in [-0.2, -0.15) is 0 Å². The highest BCUT2D eigenvalue weighted by atomic mass is 35.5. The lowest BCUT2D eigenvalue weighted by Gasteiger charge is -2.35. The van der Waals surface area contributed by atoms with E-state index in [1.165, 1.54) is 0 Å². The molecule has 6 heteroatoms. The molecule has 0 saturated carbocycles. The van der Waals surface area contributed by atoms with Crippen LogP contribution in [-0.4, -0.2) is 48.6 Å². The average molecular weight is 311 g/mol. The van der Waals surface area contributed by atoms with Crippen LogP contribution in [0.5, 0.6) is 0 Å². The molecule has 1 fully saturated rings. The predicted molar refractivity (Wildman–Crippen MR) is 80.4 cm³/mol. The van der Waals surface area contributed by atoms with Gasteiger partial charge in [-0.05, 0) is 32.0 Å². The van der Waals surface area contributed by atoms with Gasteiger partial charge >= 0.3 is 0 Å². The van der Waals surface area contributed by atoms with Crippen molar-refractivity contribution in [3.05, 3.63) is 34.9 Å². The number of rotatable bonds is 3. The van der Waals surface area contributed by atoms with Gasteiger partial charge in [-0.1, -0.05) is 17.7 Å². The topological polar surface area (TPSA) is 58.6 Å². The van der Waals surface area contributed by atoms with Crippen LogP contribution in [0.25, 0.3) is 0 Å². The second-order valence-corrected chi connectivity index (χ2v) is 5.69. The molecule has 1 N–H and O–H groups in total. The number of amides is 2. The molecular formula is C15H19ClN2O3. The molecule has 0 unspecified atom stereocenters. The Bertz CT molecular complexity index is 525. The van der Waals surface area contributed by atoms with Crippen molar-refractivity contribution in [2.24, 2.45) is 0 Å². The molecule has 0 spiro atoms. The van der Waals surface area contributed by atoms with Gasteiger partial charge in [-0.25, -0.2) is 0 Å². The van der Waals surface area contributed by atoms with Gasteiger partial charge in [0.1, 0.15) is 0 Å². The van der Waals surface area contributed by atoms with Crippen LogP contribution in [-0.2, 0) is 9.53 Å². The van der Waals surface area contributed by atoms with E-state index in [0.29, 0.717) is 23.7 Å². The van der Waals surface area contributed by atoms with Crippen molar-refractivity contribution in [3.63, 3.8) is 0 Å². The number of hydrogen-bond acceptors (Lipinski definition) is 3. The third kappa shape index (κ3) is 4.44. The van der Waals surface area contributed by atoms with Gasteiger partial charge in [-0.3, -0.25) is 9.59 Å². The first-order valence-corrected chi connectivity index (χ1v) is 7.30. The number of benzene rings is 1. The molecule has 1 aromatic carbocycles. The van der Waals surface area contributed by atoms with Gasteiger partial charge in [0.25, 0.3) is 5.91 Å². The highest BCUT2D eigenvalue weighted by Crippen LogP contribution is 2.11. The summed E-state index contributed by atoms with van der Waals surface area (Å²) in [4.78, 5) is 25.8. The Morgan fingerprint density at radius 2 is 2.00 bits per heavy atom. The molecule has 0 bridgehead atoms. The van der Waals surface area contributed by atoms with Crippen LogP contribution in [0.15, 0.2) is 24.3 Å². The Balaban J connectivity index is 1.87. The van der Waals surface area contributed by atoms with Crippen molar-refractivity contribution in [1.82, 2.24) is 10.2 Å². The zero-order valence-electron chi connectivity index (χ0n) is 12.1. The molecule has 1 heterocycles. The Labute approximate surface area is 129 Å². The van der Waals surface area contributed by atoms with E-state index >= 15 is 0 Å². The number of morpholine rings is 1. The third-order valence-corrected chi connectivity index (χ3v) is 3.49. The summed E-state index contributed by atoms with van der Waals surface area (Å²) >= 11 is 5.84. The maximum atomic E-state index is 12.1. The molecule has 21 heavy (non-hydrogen) atoms. The van der Waals surface area contributed by atoms with Gasteiger partial charge in [0, 0.05) is 23.7 Å². The van der Waals surface area contributed by atoms with Crippen molar-refractivity contribution in [2.75, 3.05) is 19.6 Å². The molecule has 0 aliphatic carbocycles. The van der Waals surface area contributed by atoms with Gasteiger partial charge < -0.3 is 15.0 Å². The molecule has 2 amide bonds. The van der Waals surface area contributed by atoms with Crippen LogP contribution in [0.1, 0.15) is 24.2 Å². The summed E-state index contributed by atoms with van der Waals surface area (Å²) < 4.78 is 5.58. The Kier molecular flexibility index (Phi) is 5.20. The monoisotopic (exact) mass is 310 g/mol. The van der Waals surface area contributed by atoms with E-state index < -0.39 is 0 Å². The normalized spacial score (nSPS) is 22.0. The molecule has 0 radical (unpaired) electrons. The van der Waals surface area contributed by atoms with E-state index in [-0.39, 0.29) is 30.6 Å². The summed E-state index contributed by atoms with van der Waals surface area (Å²) in [7, 11) is 0. The largest absolute Gasteiger partial charge is 0.372 e. The van der Waals surface area contributed by atoms with Crippen LogP contribution in [0.4, 0.5) is 0 Å². The minimum absolute atomic E-state index is 0.0151. The van der Waals surface area contributed by atoms with E-state index in [4.69, 9.17) is 16.3 Å². The van der Waals surface area contributed by atoms with Crippen LogP contribution in [0.3, 0.4) is 0 Å². The summed E-state index contributed by atoms with van der Waals surface area (Å²) in [5, 5.41) is 3.11. The molecule has 5 nitrogen and oxygen atoms in total. The van der Waals surface area contributed by atoms with E-state index in [0.717, 1.165) is 0 Å². The lowest BCUT2D eigenvalue weighted by Crippen LogP contribution is -2.51. The summed E-state index contributed by atoms with van der Waals surface area (Å²) in [6.45, 7) is 4.94. The van der Waals surface area contributed by atoms with E-state index in [9.17, 15) is 9.59 Å². The maximum Gasteiger partial charge on any atom is 0.251 e. The van der Waals surface area contributed by atoms with E-state index in [1.54, 1.807) is 29.2 Å². The fraction of sp³-hybridized carbons (Fsp3) is 0.467.